The van der Waals surface area contributed by atoms with E-state index in [2.05, 4.69) is 31.3 Å². The molecule has 102 valence electrons. The predicted octanol–water partition coefficient (Wildman–Crippen LogP) is 3.10. The van der Waals surface area contributed by atoms with Gasteiger partial charge in [0.25, 0.3) is 5.91 Å². The fourth-order valence-corrected chi connectivity index (χ4v) is 2.67. The van der Waals surface area contributed by atoms with Gasteiger partial charge in [-0.1, -0.05) is 26.0 Å². The van der Waals surface area contributed by atoms with Gasteiger partial charge in [-0.2, -0.15) is 0 Å². The number of nitrogens with one attached hydrogen (secondary N) is 1. The predicted molar refractivity (Wildman–Crippen MR) is 78.0 cm³/mol. The average molecular weight is 258 g/mol. The molecule has 0 bridgehead atoms. The molecule has 0 aromatic heterocycles. The number of hydrogen-bond donors (Lipinski definition) is 1. The van der Waals surface area contributed by atoms with Gasteiger partial charge in [-0.25, -0.2) is 0 Å². The molecule has 0 radical (unpaired) electrons. The molecule has 0 aromatic carbocycles. The molecule has 0 saturated heterocycles. The Labute approximate surface area is 115 Å². The number of allylic oxidation sites excluding steroid dienone is 5. The van der Waals surface area contributed by atoms with Crippen LogP contribution < -0.4 is 5.32 Å². The van der Waals surface area contributed by atoms with Crippen molar-refractivity contribution < 1.29 is 4.79 Å². The molecule has 1 N–H and O–H groups in total. The first-order valence-corrected chi connectivity index (χ1v) is 7.04. The van der Waals surface area contributed by atoms with Gasteiger partial charge in [-0.15, -0.1) is 0 Å². The summed E-state index contributed by atoms with van der Waals surface area (Å²) in [7, 11) is 0. The second kappa shape index (κ2) is 5.91. The Morgan fingerprint density at radius 2 is 2.21 bits per heavy atom. The van der Waals surface area contributed by atoms with Gasteiger partial charge >= 0.3 is 0 Å². The fraction of sp³-hybridized carbons (Fsp3) is 0.438. The normalized spacial score (nSPS) is 21.9. The van der Waals surface area contributed by atoms with E-state index in [4.69, 9.17) is 0 Å². The lowest BCUT2D eigenvalue weighted by Crippen LogP contribution is -2.33. The summed E-state index contributed by atoms with van der Waals surface area (Å²) in [5.41, 5.74) is 3.14. The Kier molecular flexibility index (Phi) is 4.25. The van der Waals surface area contributed by atoms with Crippen molar-refractivity contribution in [1.29, 1.82) is 0 Å². The number of nitrogens with zero attached hydrogens (tertiary/aromatic N) is 1. The first-order valence-electron chi connectivity index (χ1n) is 7.04. The summed E-state index contributed by atoms with van der Waals surface area (Å²) in [6.07, 6.45) is 12.1. The van der Waals surface area contributed by atoms with Crippen molar-refractivity contribution in [3.8, 4) is 0 Å². The molecule has 2 aliphatic heterocycles. The summed E-state index contributed by atoms with van der Waals surface area (Å²) in [6, 6.07) is 0. The number of hydrogen-bond acceptors (Lipinski definition) is 2. The van der Waals surface area contributed by atoms with E-state index < -0.39 is 0 Å². The van der Waals surface area contributed by atoms with Crippen LogP contribution >= 0.6 is 0 Å². The monoisotopic (exact) mass is 258 g/mol. The van der Waals surface area contributed by atoms with E-state index in [1.165, 1.54) is 5.57 Å². The highest BCUT2D eigenvalue weighted by atomic mass is 16.2. The molecular formula is C16H22N2O. The second-order valence-electron chi connectivity index (χ2n) is 4.92. The minimum Gasteiger partial charge on any atom is -0.351 e. The number of carbonyl (C=O) groups is 1. The zero-order valence-corrected chi connectivity index (χ0v) is 11.9. The fourth-order valence-electron chi connectivity index (χ4n) is 2.67. The maximum absolute atomic E-state index is 12.4. The van der Waals surface area contributed by atoms with E-state index in [0.717, 1.165) is 24.2 Å². The van der Waals surface area contributed by atoms with Gasteiger partial charge in [0.15, 0.2) is 0 Å². The van der Waals surface area contributed by atoms with Gasteiger partial charge < -0.3 is 10.2 Å². The van der Waals surface area contributed by atoms with Crippen LogP contribution in [0.4, 0.5) is 0 Å². The number of rotatable bonds is 3. The molecule has 2 heterocycles. The molecule has 1 amide bonds. The van der Waals surface area contributed by atoms with Crippen molar-refractivity contribution in [2.45, 2.75) is 33.6 Å². The first kappa shape index (κ1) is 13.7. The van der Waals surface area contributed by atoms with Crippen LogP contribution in [0.25, 0.3) is 0 Å². The van der Waals surface area contributed by atoms with Crippen molar-refractivity contribution in [1.82, 2.24) is 10.2 Å². The third-order valence-corrected chi connectivity index (χ3v) is 3.65. The third-order valence-electron chi connectivity index (χ3n) is 3.65. The van der Waals surface area contributed by atoms with Crippen LogP contribution in [0.3, 0.4) is 0 Å². The van der Waals surface area contributed by atoms with Crippen molar-refractivity contribution in [3.05, 3.63) is 47.5 Å². The molecular weight excluding hydrogens is 236 g/mol. The van der Waals surface area contributed by atoms with Gasteiger partial charge in [0.1, 0.15) is 5.70 Å². The number of carbonyl (C=O) groups excluding carboxylic acids is 1. The minimum absolute atomic E-state index is 0.0268. The summed E-state index contributed by atoms with van der Waals surface area (Å²) < 4.78 is 0. The largest absolute Gasteiger partial charge is 0.351 e. The van der Waals surface area contributed by atoms with E-state index in [1.54, 1.807) is 0 Å². The quantitative estimate of drug-likeness (QED) is 0.843. The molecule has 3 heteroatoms. The zero-order valence-electron chi connectivity index (χ0n) is 11.9. The molecule has 19 heavy (non-hydrogen) atoms. The van der Waals surface area contributed by atoms with Crippen LogP contribution in [0.2, 0.25) is 0 Å². The Balaban J connectivity index is 2.49. The summed E-state index contributed by atoms with van der Waals surface area (Å²) >= 11 is 0. The Hall–Kier alpha value is -1.77. The van der Waals surface area contributed by atoms with Crippen LogP contribution in [0, 0.1) is 5.92 Å². The van der Waals surface area contributed by atoms with E-state index in [9.17, 15) is 4.79 Å². The van der Waals surface area contributed by atoms with Crippen molar-refractivity contribution >= 4 is 5.91 Å². The van der Waals surface area contributed by atoms with Crippen molar-refractivity contribution in [2.24, 2.45) is 5.92 Å². The number of likely N-dealkylation sites (N-methyl/N-ethyl adjacent to an activating group) is 1. The van der Waals surface area contributed by atoms with E-state index >= 15 is 0 Å². The summed E-state index contributed by atoms with van der Waals surface area (Å²) in [4.78, 5) is 14.4. The highest BCUT2D eigenvalue weighted by Gasteiger charge is 2.27. The lowest BCUT2D eigenvalue weighted by atomic mass is 9.94. The molecule has 0 aliphatic carbocycles. The highest BCUT2D eigenvalue weighted by molar-refractivity contribution is 5.94. The molecule has 0 fully saturated rings. The molecule has 1 unspecified atom stereocenters. The average Bonchev–Trinajstić information content (AvgIpc) is 2.56. The Morgan fingerprint density at radius 3 is 2.89 bits per heavy atom. The van der Waals surface area contributed by atoms with Gasteiger partial charge in [0, 0.05) is 18.4 Å². The Morgan fingerprint density at radius 1 is 1.42 bits per heavy atom. The first-order chi connectivity index (χ1) is 9.19. The van der Waals surface area contributed by atoms with Crippen LogP contribution in [-0.4, -0.2) is 17.4 Å². The number of fused-ring (bicyclic) bond motifs is 1. The van der Waals surface area contributed by atoms with Crippen LogP contribution in [0.5, 0.6) is 0 Å². The molecule has 2 rings (SSSR count). The van der Waals surface area contributed by atoms with E-state index in [-0.39, 0.29) is 5.91 Å². The summed E-state index contributed by atoms with van der Waals surface area (Å²) in [5, 5.41) is 2.94. The van der Waals surface area contributed by atoms with E-state index in [0.29, 0.717) is 12.5 Å². The summed E-state index contributed by atoms with van der Waals surface area (Å²) in [6.45, 7) is 6.92. The minimum atomic E-state index is 0.0268. The van der Waals surface area contributed by atoms with E-state index in [1.807, 2.05) is 30.2 Å². The molecule has 2 aliphatic rings. The molecule has 0 spiro atoms. The van der Waals surface area contributed by atoms with Crippen molar-refractivity contribution in [3.63, 3.8) is 0 Å². The number of amides is 1. The van der Waals surface area contributed by atoms with Crippen LogP contribution in [0.1, 0.15) is 33.6 Å². The van der Waals surface area contributed by atoms with Crippen molar-refractivity contribution in [2.75, 3.05) is 6.54 Å². The standard InChI is InChI=1S/C16H22N2O/c1-4-14-12(3)9-10-13-8-6-7-11-18(13)15(14)16(19)17-5-2/h6-8,10-12H,4-5,9H2,1-3H3,(H,17,19). The molecule has 0 saturated carbocycles. The molecule has 0 aromatic rings. The van der Waals surface area contributed by atoms with Crippen LogP contribution in [-0.2, 0) is 4.79 Å². The Bertz CT molecular complexity index is 483. The van der Waals surface area contributed by atoms with Gasteiger partial charge in [-0.3, -0.25) is 4.79 Å². The highest BCUT2D eigenvalue weighted by Crippen LogP contribution is 2.32. The maximum atomic E-state index is 12.4. The smallest absolute Gasteiger partial charge is 0.268 e. The molecule has 3 nitrogen and oxygen atoms in total. The third kappa shape index (κ3) is 2.65. The van der Waals surface area contributed by atoms with Gasteiger partial charge in [0.2, 0.25) is 0 Å². The SMILES string of the molecule is CCNC(=O)C1=C(CC)C(C)CC=C2C=CC=CN21. The zero-order chi connectivity index (χ0) is 13.8. The van der Waals surface area contributed by atoms with Gasteiger partial charge in [-0.05, 0) is 43.4 Å². The lowest BCUT2D eigenvalue weighted by molar-refractivity contribution is -0.118. The second-order valence-corrected chi connectivity index (χ2v) is 4.92. The maximum Gasteiger partial charge on any atom is 0.268 e. The van der Waals surface area contributed by atoms with Gasteiger partial charge in [0.05, 0.1) is 0 Å². The topological polar surface area (TPSA) is 32.3 Å². The lowest BCUT2D eigenvalue weighted by Gasteiger charge is -2.27. The molecule has 1 atom stereocenters. The summed E-state index contributed by atoms with van der Waals surface area (Å²) in [5.74, 6) is 0.432. The van der Waals surface area contributed by atoms with Crippen LogP contribution in [0.15, 0.2) is 47.5 Å².